The number of ketones is 1. The van der Waals surface area contributed by atoms with Crippen LogP contribution in [0.2, 0.25) is 0 Å². The summed E-state index contributed by atoms with van der Waals surface area (Å²) in [7, 11) is 1.48. The van der Waals surface area contributed by atoms with E-state index in [9.17, 15) is 14.7 Å². The van der Waals surface area contributed by atoms with Crippen molar-refractivity contribution in [2.75, 3.05) is 13.7 Å². The largest absolute Gasteiger partial charge is 0.469 e. The summed E-state index contributed by atoms with van der Waals surface area (Å²) in [6.07, 6.45) is 12.0. The number of allylic oxidation sites excluding steroid dienone is 2. The van der Waals surface area contributed by atoms with Crippen LogP contribution in [0.25, 0.3) is 0 Å². The van der Waals surface area contributed by atoms with Gasteiger partial charge in [-0.1, -0.05) is 32.9 Å². The molecule has 0 heterocycles. The fourth-order valence-corrected chi connectivity index (χ4v) is 10.2. The first kappa shape index (κ1) is 26.6. The monoisotopic (exact) mass is 484 g/mol. The Morgan fingerprint density at radius 2 is 1.83 bits per heavy atom. The molecule has 0 aromatic rings. The van der Waals surface area contributed by atoms with Gasteiger partial charge in [-0.15, -0.1) is 0 Å². The van der Waals surface area contributed by atoms with Crippen LogP contribution in [-0.2, 0) is 14.3 Å². The van der Waals surface area contributed by atoms with Gasteiger partial charge in [0.2, 0.25) is 0 Å². The molecule has 1 spiro atoms. The van der Waals surface area contributed by atoms with E-state index in [0.29, 0.717) is 36.5 Å². The standard InChI is InChI=1S/C31H48O4/c1-20(2)16-23(33)17-21(3)24-10-12-29(6)26-9-8-25(22(4)18-32)30(13-11-27(34)35-7)19-31(26,30)15-14-28(24,29)5/h16,21,24-26,32H,4,8-15,17-19H2,1-3,5-7H3. The van der Waals surface area contributed by atoms with E-state index in [1.54, 1.807) is 0 Å². The molecule has 0 saturated heterocycles. The van der Waals surface area contributed by atoms with E-state index in [2.05, 4.69) is 27.4 Å². The third-order valence-electron chi connectivity index (χ3n) is 11.9. The summed E-state index contributed by atoms with van der Waals surface area (Å²) in [4.78, 5) is 24.8. The molecule has 0 amide bonds. The lowest BCUT2D eigenvalue weighted by Gasteiger charge is -2.61. The Hall–Kier alpha value is -1.42. The molecule has 8 unspecified atom stereocenters. The molecular weight excluding hydrogens is 436 g/mol. The topological polar surface area (TPSA) is 63.6 Å². The summed E-state index contributed by atoms with van der Waals surface area (Å²) >= 11 is 0. The Morgan fingerprint density at radius 1 is 1.11 bits per heavy atom. The minimum absolute atomic E-state index is 0.0413. The van der Waals surface area contributed by atoms with E-state index in [1.807, 2.05) is 19.9 Å². The van der Waals surface area contributed by atoms with E-state index < -0.39 is 0 Å². The van der Waals surface area contributed by atoms with E-state index in [4.69, 9.17) is 4.74 Å². The van der Waals surface area contributed by atoms with Crippen molar-refractivity contribution in [3.8, 4) is 0 Å². The summed E-state index contributed by atoms with van der Waals surface area (Å²) in [5, 5.41) is 10.00. The van der Waals surface area contributed by atoms with Crippen molar-refractivity contribution in [2.24, 2.45) is 45.3 Å². The first-order valence-electron chi connectivity index (χ1n) is 13.9. The van der Waals surface area contributed by atoms with Gasteiger partial charge in [-0.25, -0.2) is 0 Å². The summed E-state index contributed by atoms with van der Waals surface area (Å²) in [5.41, 5.74) is 2.87. The molecule has 8 atom stereocenters. The van der Waals surface area contributed by atoms with Gasteiger partial charge in [0.05, 0.1) is 13.7 Å². The Morgan fingerprint density at radius 3 is 2.46 bits per heavy atom. The fourth-order valence-electron chi connectivity index (χ4n) is 10.2. The predicted octanol–water partition coefficient (Wildman–Crippen LogP) is 6.67. The fraction of sp³-hybridized carbons (Fsp3) is 0.806. The maximum atomic E-state index is 12.6. The van der Waals surface area contributed by atoms with Crippen LogP contribution in [0.1, 0.15) is 98.8 Å². The summed E-state index contributed by atoms with van der Waals surface area (Å²) in [6.45, 7) is 15.7. The van der Waals surface area contributed by atoms with Crippen molar-refractivity contribution in [2.45, 2.75) is 98.8 Å². The Labute approximate surface area is 213 Å². The molecule has 0 aromatic carbocycles. The predicted molar refractivity (Wildman–Crippen MR) is 140 cm³/mol. The number of hydrogen-bond donors (Lipinski definition) is 1. The second-order valence-electron chi connectivity index (χ2n) is 13.4. The van der Waals surface area contributed by atoms with Gasteiger partial charge in [0, 0.05) is 12.8 Å². The molecule has 0 radical (unpaired) electrons. The number of esters is 1. The van der Waals surface area contributed by atoms with Crippen molar-refractivity contribution in [1.29, 1.82) is 0 Å². The van der Waals surface area contributed by atoms with Gasteiger partial charge in [-0.05, 0) is 122 Å². The number of ether oxygens (including phenoxy) is 1. The van der Waals surface area contributed by atoms with Crippen LogP contribution >= 0.6 is 0 Å². The third kappa shape index (κ3) is 3.88. The molecule has 4 nitrogen and oxygen atoms in total. The van der Waals surface area contributed by atoms with Gasteiger partial charge in [-0.2, -0.15) is 0 Å². The number of rotatable bonds is 9. The minimum atomic E-state index is -0.125. The van der Waals surface area contributed by atoms with Gasteiger partial charge >= 0.3 is 5.97 Å². The lowest BCUT2D eigenvalue weighted by atomic mass is 9.43. The number of aliphatic hydroxyl groups excluding tert-OH is 1. The minimum Gasteiger partial charge on any atom is -0.469 e. The average Bonchev–Trinajstić information content (AvgIpc) is 3.39. The lowest BCUT2D eigenvalue weighted by molar-refractivity contribution is -0.143. The second kappa shape index (κ2) is 9.15. The summed E-state index contributed by atoms with van der Waals surface area (Å²) in [6, 6.07) is 0. The first-order valence-corrected chi connectivity index (χ1v) is 13.9. The Kier molecular flexibility index (Phi) is 6.97. The number of carbonyl (C=O) groups is 2. The average molecular weight is 485 g/mol. The Balaban J connectivity index is 1.61. The molecule has 4 aliphatic carbocycles. The molecule has 0 bridgehead atoms. The number of hydrogen-bond acceptors (Lipinski definition) is 4. The molecule has 1 N–H and O–H groups in total. The molecule has 196 valence electrons. The highest BCUT2D eigenvalue weighted by Crippen LogP contribution is 2.87. The molecule has 0 aliphatic heterocycles. The van der Waals surface area contributed by atoms with Crippen LogP contribution in [0, 0.1) is 45.3 Å². The zero-order valence-corrected chi connectivity index (χ0v) is 23.0. The van der Waals surface area contributed by atoms with Crippen molar-refractivity contribution in [3.05, 3.63) is 23.8 Å². The third-order valence-corrected chi connectivity index (χ3v) is 11.9. The molecule has 4 heteroatoms. The normalized spacial score (nSPS) is 42.2. The Bertz CT molecular complexity index is 915. The number of methoxy groups -OCH3 is 1. The van der Waals surface area contributed by atoms with Gasteiger partial charge in [0.1, 0.15) is 0 Å². The van der Waals surface area contributed by atoms with Crippen LogP contribution < -0.4 is 0 Å². The molecule has 4 aliphatic rings. The molecular formula is C31H48O4. The van der Waals surface area contributed by atoms with Crippen LogP contribution in [0.3, 0.4) is 0 Å². The zero-order valence-electron chi connectivity index (χ0n) is 23.0. The highest BCUT2D eigenvalue weighted by atomic mass is 16.5. The number of fused-ring (bicyclic) bond motifs is 2. The van der Waals surface area contributed by atoms with Crippen LogP contribution in [0.4, 0.5) is 0 Å². The lowest BCUT2D eigenvalue weighted by Crippen LogP contribution is -2.54. The molecule has 4 rings (SSSR count). The highest BCUT2D eigenvalue weighted by molar-refractivity contribution is 5.90. The van der Waals surface area contributed by atoms with E-state index in [1.165, 1.54) is 39.2 Å². The van der Waals surface area contributed by atoms with Crippen molar-refractivity contribution in [1.82, 2.24) is 0 Å². The second-order valence-corrected chi connectivity index (χ2v) is 13.4. The van der Waals surface area contributed by atoms with Gasteiger partial charge in [0.25, 0.3) is 0 Å². The van der Waals surface area contributed by atoms with Crippen LogP contribution in [0.5, 0.6) is 0 Å². The van der Waals surface area contributed by atoms with Gasteiger partial charge in [-0.3, -0.25) is 9.59 Å². The molecule has 4 fully saturated rings. The molecule has 0 aromatic heterocycles. The van der Waals surface area contributed by atoms with Crippen molar-refractivity contribution in [3.63, 3.8) is 0 Å². The van der Waals surface area contributed by atoms with E-state index in [-0.39, 0.29) is 40.0 Å². The van der Waals surface area contributed by atoms with Crippen molar-refractivity contribution < 1.29 is 19.4 Å². The van der Waals surface area contributed by atoms with Crippen LogP contribution in [0.15, 0.2) is 23.8 Å². The highest BCUT2D eigenvalue weighted by Gasteiger charge is 2.80. The summed E-state index contributed by atoms with van der Waals surface area (Å²) < 4.78 is 5.02. The number of carbonyl (C=O) groups excluding carboxylic acids is 2. The van der Waals surface area contributed by atoms with E-state index >= 15 is 0 Å². The smallest absolute Gasteiger partial charge is 0.305 e. The zero-order chi connectivity index (χ0) is 25.8. The van der Waals surface area contributed by atoms with Crippen molar-refractivity contribution >= 4 is 11.8 Å². The first-order chi connectivity index (χ1) is 16.4. The summed E-state index contributed by atoms with van der Waals surface area (Å²) in [5.74, 6) is 2.06. The maximum absolute atomic E-state index is 12.6. The SMILES string of the molecule is C=C(CO)C1CCC2C3(C)CCC(C(C)CC(=O)C=C(C)C)C3(C)CCC23CC13CCC(=O)OC. The van der Waals surface area contributed by atoms with Crippen LogP contribution in [-0.4, -0.2) is 30.6 Å². The van der Waals surface area contributed by atoms with Gasteiger partial charge in [0.15, 0.2) is 5.78 Å². The molecule has 35 heavy (non-hydrogen) atoms. The maximum Gasteiger partial charge on any atom is 0.305 e. The number of aliphatic hydroxyl groups is 1. The van der Waals surface area contributed by atoms with E-state index in [0.717, 1.165) is 30.4 Å². The van der Waals surface area contributed by atoms with Gasteiger partial charge < -0.3 is 9.84 Å². The quantitative estimate of drug-likeness (QED) is 0.225. The molecule has 4 saturated carbocycles.